The molecule has 27 heavy (non-hydrogen) atoms. The molecule has 0 aliphatic rings. The molecule has 7 heteroatoms. The second-order valence-corrected chi connectivity index (χ2v) is 7.97. The van der Waals surface area contributed by atoms with E-state index in [1.807, 2.05) is 0 Å². The lowest BCUT2D eigenvalue weighted by Crippen LogP contribution is -2.12. The molecule has 0 saturated carbocycles. The molecule has 0 unspecified atom stereocenters. The predicted molar refractivity (Wildman–Crippen MR) is 105 cm³/mol. The first-order chi connectivity index (χ1) is 12.6. The molecule has 2 N–H and O–H groups in total. The fourth-order valence-electron chi connectivity index (χ4n) is 2.05. The maximum atomic E-state index is 12.7. The van der Waals surface area contributed by atoms with Crippen molar-refractivity contribution in [3.63, 3.8) is 0 Å². The third kappa shape index (κ3) is 4.92. The SMILES string of the molecule is C=C(C)C(=O)Nc1ccc(S(=O)(=O)c2ccc(NC(=O)C(=C)C)cc2)cc1. The average Bonchev–Trinajstić information content (AvgIpc) is 2.62. The van der Waals surface area contributed by atoms with E-state index in [1.165, 1.54) is 48.5 Å². The summed E-state index contributed by atoms with van der Waals surface area (Å²) in [5.41, 5.74) is 1.65. The first-order valence-electron chi connectivity index (χ1n) is 8.00. The molecule has 0 aromatic heterocycles. The molecule has 0 spiro atoms. The summed E-state index contributed by atoms with van der Waals surface area (Å²) in [7, 11) is -3.72. The van der Waals surface area contributed by atoms with Gasteiger partial charge >= 0.3 is 0 Å². The van der Waals surface area contributed by atoms with E-state index in [0.717, 1.165) is 0 Å². The van der Waals surface area contributed by atoms with E-state index >= 15 is 0 Å². The van der Waals surface area contributed by atoms with Gasteiger partial charge in [-0.1, -0.05) is 13.2 Å². The van der Waals surface area contributed by atoms with Crippen LogP contribution in [0.5, 0.6) is 0 Å². The largest absolute Gasteiger partial charge is 0.322 e. The highest BCUT2D eigenvalue weighted by Crippen LogP contribution is 2.24. The lowest BCUT2D eigenvalue weighted by atomic mass is 10.3. The molecule has 0 saturated heterocycles. The zero-order chi connectivity index (χ0) is 20.2. The fraction of sp³-hybridized carbons (Fsp3) is 0.100. The summed E-state index contributed by atoms with van der Waals surface area (Å²) in [6.07, 6.45) is 0. The fourth-order valence-corrected chi connectivity index (χ4v) is 3.31. The van der Waals surface area contributed by atoms with E-state index in [9.17, 15) is 18.0 Å². The summed E-state index contributed by atoms with van der Waals surface area (Å²) < 4.78 is 25.4. The van der Waals surface area contributed by atoms with E-state index in [1.54, 1.807) is 13.8 Å². The van der Waals surface area contributed by atoms with Gasteiger partial charge < -0.3 is 10.6 Å². The molecule has 0 bridgehead atoms. The molecule has 0 heterocycles. The Morgan fingerprint density at radius 2 is 1.00 bits per heavy atom. The van der Waals surface area contributed by atoms with Gasteiger partial charge in [-0.25, -0.2) is 8.42 Å². The van der Waals surface area contributed by atoms with Gasteiger partial charge in [0, 0.05) is 22.5 Å². The Bertz CT molecular complexity index is 927. The number of anilines is 2. The van der Waals surface area contributed by atoms with Crippen LogP contribution in [0.4, 0.5) is 11.4 Å². The summed E-state index contributed by atoms with van der Waals surface area (Å²) in [4.78, 5) is 23.4. The number of nitrogens with one attached hydrogen (secondary N) is 2. The number of carbonyl (C=O) groups is 2. The summed E-state index contributed by atoms with van der Waals surface area (Å²) in [5, 5.41) is 5.23. The lowest BCUT2D eigenvalue weighted by molar-refractivity contribution is -0.113. The topological polar surface area (TPSA) is 92.3 Å². The van der Waals surface area contributed by atoms with Crippen molar-refractivity contribution in [2.75, 3.05) is 10.6 Å². The molecule has 0 aliphatic heterocycles. The van der Waals surface area contributed by atoms with Crippen molar-refractivity contribution in [1.29, 1.82) is 0 Å². The minimum absolute atomic E-state index is 0.0922. The standard InChI is InChI=1S/C20H20N2O4S/c1-13(2)19(23)21-15-5-9-17(10-6-15)27(25,26)18-11-7-16(8-12-18)22-20(24)14(3)4/h5-12H,1,3H2,2,4H3,(H,21,23)(H,22,24). The monoisotopic (exact) mass is 384 g/mol. The number of benzene rings is 2. The second-order valence-electron chi connectivity index (χ2n) is 6.02. The van der Waals surface area contributed by atoms with Crippen LogP contribution in [-0.4, -0.2) is 20.2 Å². The highest BCUT2D eigenvalue weighted by Gasteiger charge is 2.18. The van der Waals surface area contributed by atoms with Crippen LogP contribution < -0.4 is 10.6 Å². The van der Waals surface area contributed by atoms with Crippen LogP contribution in [0.3, 0.4) is 0 Å². The molecular weight excluding hydrogens is 364 g/mol. The minimum atomic E-state index is -3.72. The van der Waals surface area contributed by atoms with Gasteiger partial charge in [0.25, 0.3) is 11.8 Å². The van der Waals surface area contributed by atoms with Gasteiger partial charge in [-0.15, -0.1) is 0 Å². The van der Waals surface area contributed by atoms with Gasteiger partial charge in [0.1, 0.15) is 0 Å². The Morgan fingerprint density at radius 3 is 1.26 bits per heavy atom. The van der Waals surface area contributed by atoms with E-state index in [2.05, 4.69) is 23.8 Å². The number of carbonyl (C=O) groups excluding carboxylic acids is 2. The van der Waals surface area contributed by atoms with E-state index in [4.69, 9.17) is 0 Å². The Morgan fingerprint density at radius 1 is 0.704 bits per heavy atom. The Labute approximate surface area is 158 Å². The number of rotatable bonds is 6. The molecule has 0 atom stereocenters. The zero-order valence-electron chi connectivity index (χ0n) is 15.1. The molecule has 6 nitrogen and oxygen atoms in total. The summed E-state index contributed by atoms with van der Waals surface area (Å²) >= 11 is 0. The summed E-state index contributed by atoms with van der Waals surface area (Å²) in [6, 6.07) is 11.7. The number of hydrogen-bond acceptors (Lipinski definition) is 4. The third-order valence-corrected chi connectivity index (χ3v) is 5.41. The number of sulfone groups is 1. The molecule has 0 fully saturated rings. The van der Waals surface area contributed by atoms with Crippen molar-refractivity contribution in [2.24, 2.45) is 0 Å². The normalized spacial score (nSPS) is 10.7. The minimum Gasteiger partial charge on any atom is -0.322 e. The van der Waals surface area contributed by atoms with Crippen LogP contribution in [0.15, 0.2) is 82.6 Å². The Kier molecular flexibility index (Phi) is 5.97. The van der Waals surface area contributed by atoms with Crippen LogP contribution in [0.1, 0.15) is 13.8 Å². The smallest absolute Gasteiger partial charge is 0.250 e. The molecule has 140 valence electrons. The highest BCUT2D eigenvalue weighted by atomic mass is 32.2. The van der Waals surface area contributed by atoms with Gasteiger partial charge in [0.15, 0.2) is 0 Å². The first-order valence-corrected chi connectivity index (χ1v) is 9.48. The molecule has 2 aromatic rings. The van der Waals surface area contributed by atoms with Crippen molar-refractivity contribution in [2.45, 2.75) is 23.6 Å². The van der Waals surface area contributed by atoms with Crippen molar-refractivity contribution in [1.82, 2.24) is 0 Å². The quantitative estimate of drug-likeness (QED) is 0.745. The van der Waals surface area contributed by atoms with Gasteiger partial charge in [0.05, 0.1) is 9.79 Å². The number of amides is 2. The maximum Gasteiger partial charge on any atom is 0.250 e. The zero-order valence-corrected chi connectivity index (χ0v) is 15.9. The van der Waals surface area contributed by atoms with Gasteiger partial charge in [-0.2, -0.15) is 0 Å². The van der Waals surface area contributed by atoms with Gasteiger partial charge in [-0.05, 0) is 62.4 Å². The molecule has 2 amide bonds. The first kappa shape index (κ1) is 20.1. The van der Waals surface area contributed by atoms with E-state index in [0.29, 0.717) is 22.5 Å². The van der Waals surface area contributed by atoms with Crippen molar-refractivity contribution in [3.05, 3.63) is 72.8 Å². The van der Waals surface area contributed by atoms with Gasteiger partial charge in [-0.3, -0.25) is 9.59 Å². The van der Waals surface area contributed by atoms with Crippen molar-refractivity contribution >= 4 is 33.0 Å². The lowest BCUT2D eigenvalue weighted by Gasteiger charge is -2.09. The van der Waals surface area contributed by atoms with Crippen molar-refractivity contribution < 1.29 is 18.0 Å². The molecule has 2 aromatic carbocycles. The molecule has 2 rings (SSSR count). The van der Waals surface area contributed by atoms with Crippen LogP contribution in [0.2, 0.25) is 0 Å². The predicted octanol–water partition coefficient (Wildman–Crippen LogP) is 3.55. The summed E-state index contributed by atoms with van der Waals surface area (Å²) in [5.74, 6) is -0.670. The van der Waals surface area contributed by atoms with Crippen LogP contribution in [-0.2, 0) is 19.4 Å². The van der Waals surface area contributed by atoms with Crippen LogP contribution >= 0.6 is 0 Å². The van der Waals surface area contributed by atoms with E-state index in [-0.39, 0.29) is 21.6 Å². The molecule has 0 radical (unpaired) electrons. The van der Waals surface area contributed by atoms with Gasteiger partial charge in [0.2, 0.25) is 9.84 Å². The van der Waals surface area contributed by atoms with Crippen molar-refractivity contribution in [3.8, 4) is 0 Å². The average molecular weight is 384 g/mol. The Hall–Kier alpha value is -3.19. The molecule has 0 aliphatic carbocycles. The third-order valence-electron chi connectivity index (χ3n) is 3.62. The maximum absolute atomic E-state index is 12.7. The summed E-state index contributed by atoms with van der Waals surface area (Å²) in [6.45, 7) is 10.2. The van der Waals surface area contributed by atoms with Crippen LogP contribution in [0.25, 0.3) is 0 Å². The second kappa shape index (κ2) is 8.01. The highest BCUT2D eigenvalue weighted by molar-refractivity contribution is 7.91. The van der Waals surface area contributed by atoms with Crippen LogP contribution in [0, 0.1) is 0 Å². The molecular formula is C20H20N2O4S. The number of hydrogen-bond donors (Lipinski definition) is 2. The Balaban J connectivity index is 2.20. The van der Waals surface area contributed by atoms with E-state index < -0.39 is 9.84 Å².